The molecule has 1 aromatic carbocycles. The highest BCUT2D eigenvalue weighted by molar-refractivity contribution is 5.90. The van der Waals surface area contributed by atoms with Crippen LogP contribution >= 0.6 is 0 Å². The van der Waals surface area contributed by atoms with Crippen LogP contribution in [0, 0.1) is 23.7 Å². The van der Waals surface area contributed by atoms with Crippen molar-refractivity contribution >= 4 is 29.6 Å². The number of rotatable bonds is 24. The number of nitrogens with two attached hydrogens (primary N) is 1. The van der Waals surface area contributed by atoms with Crippen molar-refractivity contribution in [2.45, 2.75) is 129 Å². The van der Waals surface area contributed by atoms with Crippen LogP contribution in [-0.2, 0) is 44.6 Å². The SMILES string of the molecule is CC[C@H](C)C([C@@H](CC(=O)N1CCC[C@H]1[C@H](OC)[C@@H](C)C(=O)N[C@@H](Cc1ccccc1)C(=O)OCCCN)OC)N(C)C(=O)[C@@H](NC(=O)C(C(C)C)N(C)C)C(C)C. The average Bonchev–Trinajstić information content (AvgIpc) is 3.65. The minimum atomic E-state index is -0.924. The Bertz CT molecular complexity index is 1400. The molecule has 1 aromatic rings. The second-order valence-corrected chi connectivity index (χ2v) is 16.5. The Kier molecular flexibility index (Phi) is 21.2. The third-order valence-electron chi connectivity index (χ3n) is 11.4. The van der Waals surface area contributed by atoms with Crippen molar-refractivity contribution in [3.63, 3.8) is 0 Å². The van der Waals surface area contributed by atoms with E-state index in [1.807, 2.05) is 90.9 Å². The van der Waals surface area contributed by atoms with E-state index < -0.39 is 54.3 Å². The molecule has 2 unspecified atom stereocenters. The van der Waals surface area contributed by atoms with Gasteiger partial charge in [-0.2, -0.15) is 0 Å². The fourth-order valence-corrected chi connectivity index (χ4v) is 8.11. The van der Waals surface area contributed by atoms with Crippen molar-refractivity contribution in [3.05, 3.63) is 35.9 Å². The number of nitrogens with one attached hydrogen (secondary N) is 2. The molecule has 9 atom stereocenters. The highest BCUT2D eigenvalue weighted by atomic mass is 16.5. The van der Waals surface area contributed by atoms with Crippen LogP contribution in [-0.4, -0.2) is 142 Å². The van der Waals surface area contributed by atoms with Gasteiger partial charge in [0.15, 0.2) is 0 Å². The fourth-order valence-electron chi connectivity index (χ4n) is 8.11. The molecule has 2 rings (SSSR count). The lowest BCUT2D eigenvalue weighted by molar-refractivity contribution is -0.150. The minimum Gasteiger partial charge on any atom is -0.464 e. The molecule has 1 heterocycles. The topological polar surface area (TPSA) is 173 Å². The molecule has 0 aliphatic carbocycles. The van der Waals surface area contributed by atoms with E-state index in [2.05, 4.69) is 10.6 Å². The van der Waals surface area contributed by atoms with Gasteiger partial charge in [-0.15, -0.1) is 0 Å². The lowest BCUT2D eigenvalue weighted by atomic mass is 9.89. The van der Waals surface area contributed by atoms with Gasteiger partial charge in [0, 0.05) is 34.2 Å². The number of amides is 4. The van der Waals surface area contributed by atoms with Gasteiger partial charge in [-0.1, -0.05) is 85.2 Å². The normalized spacial score (nSPS) is 18.7. The highest BCUT2D eigenvalue weighted by Crippen LogP contribution is 2.30. The molecule has 1 aliphatic rings. The Morgan fingerprint density at radius 3 is 2.09 bits per heavy atom. The summed E-state index contributed by atoms with van der Waals surface area (Å²) in [6.07, 6.45) is 1.51. The predicted octanol–water partition coefficient (Wildman–Crippen LogP) is 3.25. The van der Waals surface area contributed by atoms with Gasteiger partial charge in [0.1, 0.15) is 12.1 Å². The molecule has 14 nitrogen and oxygen atoms in total. The van der Waals surface area contributed by atoms with Crippen molar-refractivity contribution in [2.75, 3.05) is 55.1 Å². The monoisotopic (exact) mass is 803 g/mol. The average molecular weight is 803 g/mol. The second-order valence-electron chi connectivity index (χ2n) is 16.5. The first-order valence-electron chi connectivity index (χ1n) is 20.7. The molecule has 0 bridgehead atoms. The summed E-state index contributed by atoms with van der Waals surface area (Å²) in [5.41, 5.74) is 6.46. The number of hydrogen-bond acceptors (Lipinski definition) is 10. The molecule has 4 amide bonds. The van der Waals surface area contributed by atoms with Crippen LogP contribution in [0.15, 0.2) is 30.3 Å². The molecule has 0 radical (unpaired) electrons. The molecule has 1 saturated heterocycles. The summed E-state index contributed by atoms with van der Waals surface area (Å²) < 4.78 is 17.4. The Labute approximate surface area is 342 Å². The van der Waals surface area contributed by atoms with E-state index in [0.29, 0.717) is 25.9 Å². The van der Waals surface area contributed by atoms with E-state index in [9.17, 15) is 24.0 Å². The number of hydrogen-bond donors (Lipinski definition) is 3. The fraction of sp³-hybridized carbons (Fsp3) is 0.744. The van der Waals surface area contributed by atoms with Gasteiger partial charge in [-0.25, -0.2) is 4.79 Å². The van der Waals surface area contributed by atoms with Crippen LogP contribution < -0.4 is 16.4 Å². The summed E-state index contributed by atoms with van der Waals surface area (Å²) >= 11 is 0. The van der Waals surface area contributed by atoms with Gasteiger partial charge in [0.05, 0.1) is 49.3 Å². The van der Waals surface area contributed by atoms with Gasteiger partial charge in [-0.3, -0.25) is 24.1 Å². The lowest BCUT2D eigenvalue weighted by Gasteiger charge is -2.41. The van der Waals surface area contributed by atoms with E-state index in [1.54, 1.807) is 30.9 Å². The number of ether oxygens (including phenoxy) is 3. The van der Waals surface area contributed by atoms with Crippen LogP contribution in [0.1, 0.15) is 86.1 Å². The van der Waals surface area contributed by atoms with Crippen molar-refractivity contribution in [2.24, 2.45) is 29.4 Å². The molecule has 1 fully saturated rings. The van der Waals surface area contributed by atoms with Crippen molar-refractivity contribution in [3.8, 4) is 0 Å². The van der Waals surface area contributed by atoms with E-state index in [-0.39, 0.29) is 60.8 Å². The molecule has 0 aromatic heterocycles. The van der Waals surface area contributed by atoms with Crippen molar-refractivity contribution < 1.29 is 38.2 Å². The van der Waals surface area contributed by atoms with Gasteiger partial charge >= 0.3 is 5.97 Å². The number of benzene rings is 1. The number of likely N-dealkylation sites (N-methyl/N-ethyl adjacent to an activating group) is 2. The number of nitrogens with zero attached hydrogens (tertiary/aromatic N) is 3. The summed E-state index contributed by atoms with van der Waals surface area (Å²) in [5.74, 6) is -2.46. The first kappa shape index (κ1) is 49.6. The molecular weight excluding hydrogens is 729 g/mol. The molecule has 1 aliphatic heterocycles. The third kappa shape index (κ3) is 14.0. The summed E-state index contributed by atoms with van der Waals surface area (Å²) in [7, 11) is 8.51. The number of methoxy groups -OCH3 is 2. The van der Waals surface area contributed by atoms with E-state index >= 15 is 0 Å². The number of esters is 1. The maximum absolute atomic E-state index is 14.3. The summed E-state index contributed by atoms with van der Waals surface area (Å²) in [4.78, 5) is 74.3. The maximum atomic E-state index is 14.3. The summed E-state index contributed by atoms with van der Waals surface area (Å²) in [6, 6.07) is 6.41. The molecule has 14 heteroatoms. The van der Waals surface area contributed by atoms with Crippen LogP contribution in [0.5, 0.6) is 0 Å². The molecule has 324 valence electrons. The second kappa shape index (κ2) is 24.4. The Morgan fingerprint density at radius 1 is 0.912 bits per heavy atom. The zero-order valence-corrected chi connectivity index (χ0v) is 36.8. The predicted molar refractivity (Wildman–Crippen MR) is 222 cm³/mol. The number of carbonyl (C=O) groups is 5. The zero-order chi connectivity index (χ0) is 43.0. The van der Waals surface area contributed by atoms with E-state index in [4.69, 9.17) is 19.9 Å². The Morgan fingerprint density at radius 2 is 1.56 bits per heavy atom. The van der Waals surface area contributed by atoms with E-state index in [1.165, 1.54) is 7.11 Å². The first-order chi connectivity index (χ1) is 26.9. The lowest BCUT2D eigenvalue weighted by Crippen LogP contribution is -2.59. The minimum absolute atomic E-state index is 0.000808. The molecule has 57 heavy (non-hydrogen) atoms. The van der Waals surface area contributed by atoms with Crippen molar-refractivity contribution in [1.82, 2.24) is 25.3 Å². The van der Waals surface area contributed by atoms with Crippen molar-refractivity contribution in [1.29, 1.82) is 0 Å². The van der Waals surface area contributed by atoms with Gasteiger partial charge in [0.2, 0.25) is 23.6 Å². The third-order valence-corrected chi connectivity index (χ3v) is 11.4. The molecule has 0 saturated carbocycles. The number of carbonyl (C=O) groups excluding carboxylic acids is 5. The highest BCUT2D eigenvalue weighted by Gasteiger charge is 2.43. The van der Waals surface area contributed by atoms with Gasteiger partial charge in [0.25, 0.3) is 0 Å². The van der Waals surface area contributed by atoms with Crippen LogP contribution in [0.25, 0.3) is 0 Å². The molecule has 4 N–H and O–H groups in total. The largest absolute Gasteiger partial charge is 0.464 e. The Balaban J connectivity index is 2.29. The van der Waals surface area contributed by atoms with Gasteiger partial charge < -0.3 is 40.4 Å². The van der Waals surface area contributed by atoms with Crippen LogP contribution in [0.4, 0.5) is 0 Å². The standard InChI is InChI=1S/C43H74N6O8/c1-13-29(6)38(48(10)42(53)36(27(2)3)46-41(52)37(28(4)5)47(8)9)34(55-11)26-35(50)49-23-17-21-33(49)39(56-12)30(7)40(51)45-32(43(54)57-24-18-22-44)25-31-19-15-14-16-20-31/h14-16,19-20,27-30,32-34,36-39H,13,17-18,21-26,44H2,1-12H3,(H,45,51)(H,46,52)/t29-,30+,32-,33-,34+,36-,37?,38?,39+/m0/s1. The van der Waals surface area contributed by atoms with E-state index in [0.717, 1.165) is 18.4 Å². The quantitative estimate of drug-likeness (QED) is 0.104. The van der Waals surface area contributed by atoms with Gasteiger partial charge in [-0.05, 0) is 63.2 Å². The first-order valence-corrected chi connectivity index (χ1v) is 20.7. The summed E-state index contributed by atoms with van der Waals surface area (Å²) in [5, 5.41) is 5.94. The Hall–Kier alpha value is -3.59. The molecule has 0 spiro atoms. The van der Waals surface area contributed by atoms with Crippen LogP contribution in [0.3, 0.4) is 0 Å². The maximum Gasteiger partial charge on any atom is 0.328 e. The number of likely N-dealkylation sites (tertiary alicyclic amines) is 1. The van der Waals surface area contributed by atoms with Crippen LogP contribution in [0.2, 0.25) is 0 Å². The zero-order valence-electron chi connectivity index (χ0n) is 36.8. The molecular formula is C43H74N6O8. The smallest absolute Gasteiger partial charge is 0.328 e. The summed E-state index contributed by atoms with van der Waals surface area (Å²) in [6.45, 7) is 14.6.